The van der Waals surface area contributed by atoms with Gasteiger partial charge in [-0.1, -0.05) is 19.3 Å². The van der Waals surface area contributed by atoms with E-state index in [1.165, 1.54) is 44.2 Å². The van der Waals surface area contributed by atoms with Crippen LogP contribution in [-0.2, 0) is 4.79 Å². The summed E-state index contributed by atoms with van der Waals surface area (Å²) in [6.07, 6.45) is 6.37. The lowest BCUT2D eigenvalue weighted by Gasteiger charge is -2.23. The van der Waals surface area contributed by atoms with Crippen LogP contribution in [0.25, 0.3) is 0 Å². The summed E-state index contributed by atoms with van der Waals surface area (Å²) in [5.74, 6) is 0.412. The standard InChI is InChI=1S/C16H23FN2O/c1-19(15-9-7-14(17)8-10-15)12-16(20)18-11-13-5-3-2-4-6-13/h7-10,13H,2-6,11-12H2,1H3,(H,18,20). The molecule has 1 saturated carbocycles. The van der Waals surface area contributed by atoms with Gasteiger partial charge >= 0.3 is 0 Å². The summed E-state index contributed by atoms with van der Waals surface area (Å²) in [4.78, 5) is 13.7. The van der Waals surface area contributed by atoms with Crippen LogP contribution in [0.1, 0.15) is 32.1 Å². The van der Waals surface area contributed by atoms with Gasteiger partial charge in [0.05, 0.1) is 6.54 Å². The van der Waals surface area contributed by atoms with Crippen LogP contribution in [0.5, 0.6) is 0 Å². The van der Waals surface area contributed by atoms with Gasteiger partial charge in [0.1, 0.15) is 5.82 Å². The van der Waals surface area contributed by atoms with Gasteiger partial charge in [-0.3, -0.25) is 4.79 Å². The van der Waals surface area contributed by atoms with E-state index in [1.54, 1.807) is 12.1 Å². The molecule has 0 unspecified atom stereocenters. The van der Waals surface area contributed by atoms with E-state index in [4.69, 9.17) is 0 Å². The van der Waals surface area contributed by atoms with Crippen LogP contribution in [0, 0.1) is 11.7 Å². The average molecular weight is 278 g/mol. The molecule has 110 valence electrons. The zero-order chi connectivity index (χ0) is 14.4. The van der Waals surface area contributed by atoms with E-state index in [2.05, 4.69) is 5.32 Å². The van der Waals surface area contributed by atoms with Crippen molar-refractivity contribution in [3.63, 3.8) is 0 Å². The second-order valence-corrected chi connectivity index (χ2v) is 5.64. The van der Waals surface area contributed by atoms with Gasteiger partial charge < -0.3 is 10.2 Å². The molecular weight excluding hydrogens is 255 g/mol. The highest BCUT2D eigenvalue weighted by atomic mass is 19.1. The predicted octanol–water partition coefficient (Wildman–Crippen LogP) is 2.96. The van der Waals surface area contributed by atoms with Crippen molar-refractivity contribution in [1.82, 2.24) is 5.32 Å². The molecule has 1 amide bonds. The number of carbonyl (C=O) groups excluding carboxylic acids is 1. The zero-order valence-electron chi connectivity index (χ0n) is 12.1. The molecule has 0 aromatic heterocycles. The first-order valence-corrected chi connectivity index (χ1v) is 7.38. The molecule has 0 saturated heterocycles. The number of anilines is 1. The number of nitrogens with one attached hydrogen (secondary N) is 1. The first-order valence-electron chi connectivity index (χ1n) is 7.38. The van der Waals surface area contributed by atoms with E-state index in [-0.39, 0.29) is 11.7 Å². The third kappa shape index (κ3) is 4.51. The predicted molar refractivity (Wildman–Crippen MR) is 79.3 cm³/mol. The highest BCUT2D eigenvalue weighted by Gasteiger charge is 2.15. The van der Waals surface area contributed by atoms with Crippen molar-refractivity contribution in [2.24, 2.45) is 5.92 Å². The summed E-state index contributed by atoms with van der Waals surface area (Å²) in [6, 6.07) is 6.19. The molecule has 2 rings (SSSR count). The fraction of sp³-hybridized carbons (Fsp3) is 0.562. The van der Waals surface area contributed by atoms with Crippen molar-refractivity contribution < 1.29 is 9.18 Å². The van der Waals surface area contributed by atoms with Gasteiger partial charge in [-0.25, -0.2) is 4.39 Å². The zero-order valence-corrected chi connectivity index (χ0v) is 12.1. The van der Waals surface area contributed by atoms with Crippen molar-refractivity contribution in [1.29, 1.82) is 0 Å². The van der Waals surface area contributed by atoms with Crippen LogP contribution < -0.4 is 10.2 Å². The number of carbonyl (C=O) groups is 1. The Morgan fingerprint density at radius 3 is 2.55 bits per heavy atom. The second-order valence-electron chi connectivity index (χ2n) is 5.64. The number of benzene rings is 1. The molecule has 1 N–H and O–H groups in total. The molecule has 0 atom stereocenters. The van der Waals surface area contributed by atoms with Crippen LogP contribution in [0.4, 0.5) is 10.1 Å². The van der Waals surface area contributed by atoms with Crippen LogP contribution in [0.3, 0.4) is 0 Å². The van der Waals surface area contributed by atoms with E-state index in [0.717, 1.165) is 12.2 Å². The maximum absolute atomic E-state index is 12.8. The Bertz CT molecular complexity index is 427. The lowest BCUT2D eigenvalue weighted by atomic mass is 9.89. The first-order chi connectivity index (χ1) is 9.65. The fourth-order valence-electron chi connectivity index (χ4n) is 2.71. The molecule has 1 aliphatic carbocycles. The fourth-order valence-corrected chi connectivity index (χ4v) is 2.71. The summed E-state index contributed by atoms with van der Waals surface area (Å²) in [5, 5.41) is 3.01. The Morgan fingerprint density at radius 1 is 1.25 bits per heavy atom. The monoisotopic (exact) mass is 278 g/mol. The van der Waals surface area contributed by atoms with Gasteiger partial charge in [0.2, 0.25) is 5.91 Å². The Labute approximate surface area is 120 Å². The Hall–Kier alpha value is -1.58. The Morgan fingerprint density at radius 2 is 1.90 bits per heavy atom. The quantitative estimate of drug-likeness (QED) is 0.898. The second kappa shape index (κ2) is 7.27. The first kappa shape index (κ1) is 14.8. The van der Waals surface area contributed by atoms with Gasteiger partial charge in [0, 0.05) is 19.3 Å². The van der Waals surface area contributed by atoms with Gasteiger partial charge in [-0.2, -0.15) is 0 Å². The number of rotatable bonds is 5. The molecular formula is C16H23FN2O. The largest absolute Gasteiger partial charge is 0.365 e. The number of hydrogen-bond acceptors (Lipinski definition) is 2. The Kier molecular flexibility index (Phi) is 5.39. The molecule has 20 heavy (non-hydrogen) atoms. The molecule has 0 radical (unpaired) electrons. The third-order valence-electron chi connectivity index (χ3n) is 3.96. The summed E-state index contributed by atoms with van der Waals surface area (Å²) >= 11 is 0. The number of halogens is 1. The lowest BCUT2D eigenvalue weighted by Crippen LogP contribution is -2.37. The van der Waals surface area contributed by atoms with Crippen LogP contribution >= 0.6 is 0 Å². The van der Waals surface area contributed by atoms with E-state index >= 15 is 0 Å². The average Bonchev–Trinajstić information content (AvgIpc) is 2.47. The highest BCUT2D eigenvalue weighted by Crippen LogP contribution is 2.22. The SMILES string of the molecule is CN(CC(=O)NCC1CCCCC1)c1ccc(F)cc1. The van der Waals surface area contributed by atoms with Crippen LogP contribution in [0.15, 0.2) is 24.3 Å². The van der Waals surface area contributed by atoms with E-state index < -0.39 is 0 Å². The normalized spacial score (nSPS) is 15.9. The molecule has 0 heterocycles. The van der Waals surface area contributed by atoms with Gasteiger partial charge in [0.25, 0.3) is 0 Å². The van der Waals surface area contributed by atoms with Crippen LogP contribution in [0.2, 0.25) is 0 Å². The van der Waals surface area contributed by atoms with Crippen molar-refractivity contribution in [2.45, 2.75) is 32.1 Å². The van der Waals surface area contributed by atoms with Crippen molar-refractivity contribution >= 4 is 11.6 Å². The summed E-state index contributed by atoms with van der Waals surface area (Å²) in [6.45, 7) is 1.09. The van der Waals surface area contributed by atoms with Crippen molar-refractivity contribution in [3.8, 4) is 0 Å². The molecule has 0 bridgehead atoms. The minimum atomic E-state index is -0.260. The lowest BCUT2D eigenvalue weighted by molar-refractivity contribution is -0.119. The number of amides is 1. The van der Waals surface area contributed by atoms with E-state index in [9.17, 15) is 9.18 Å². The summed E-state index contributed by atoms with van der Waals surface area (Å²) in [5.41, 5.74) is 0.846. The minimum absolute atomic E-state index is 0.0300. The topological polar surface area (TPSA) is 32.3 Å². The molecule has 1 aromatic rings. The van der Waals surface area contributed by atoms with Gasteiger partial charge in [-0.15, -0.1) is 0 Å². The van der Waals surface area contributed by atoms with E-state index in [0.29, 0.717) is 12.5 Å². The van der Waals surface area contributed by atoms with Crippen LogP contribution in [-0.4, -0.2) is 26.0 Å². The molecule has 1 aliphatic rings. The third-order valence-corrected chi connectivity index (χ3v) is 3.96. The maximum Gasteiger partial charge on any atom is 0.239 e. The van der Waals surface area contributed by atoms with Gasteiger partial charge in [0.15, 0.2) is 0 Å². The number of nitrogens with zero attached hydrogens (tertiary/aromatic N) is 1. The van der Waals surface area contributed by atoms with Crippen molar-refractivity contribution in [2.75, 3.05) is 25.0 Å². The van der Waals surface area contributed by atoms with E-state index in [1.807, 2.05) is 11.9 Å². The highest BCUT2D eigenvalue weighted by molar-refractivity contribution is 5.81. The number of hydrogen-bond donors (Lipinski definition) is 1. The Balaban J connectivity index is 1.74. The minimum Gasteiger partial charge on any atom is -0.365 e. The number of likely N-dealkylation sites (N-methyl/N-ethyl adjacent to an activating group) is 1. The van der Waals surface area contributed by atoms with Crippen molar-refractivity contribution in [3.05, 3.63) is 30.1 Å². The molecule has 0 aliphatic heterocycles. The van der Waals surface area contributed by atoms with Gasteiger partial charge in [-0.05, 0) is 43.0 Å². The summed E-state index contributed by atoms with van der Waals surface area (Å²) < 4.78 is 12.8. The maximum atomic E-state index is 12.8. The molecule has 1 fully saturated rings. The molecule has 4 heteroatoms. The molecule has 1 aromatic carbocycles. The molecule has 0 spiro atoms. The molecule has 3 nitrogen and oxygen atoms in total. The smallest absolute Gasteiger partial charge is 0.239 e. The summed E-state index contributed by atoms with van der Waals surface area (Å²) in [7, 11) is 1.84.